The van der Waals surface area contributed by atoms with Gasteiger partial charge in [0.2, 0.25) is 11.2 Å². The second kappa shape index (κ2) is 7.66. The predicted octanol–water partition coefficient (Wildman–Crippen LogP) is 5.01. The molecule has 0 radical (unpaired) electrons. The van der Waals surface area contributed by atoms with Gasteiger partial charge in [-0.15, -0.1) is 0 Å². The van der Waals surface area contributed by atoms with Crippen molar-refractivity contribution in [3.63, 3.8) is 0 Å². The molecule has 0 saturated heterocycles. The number of imidazole rings is 1. The van der Waals surface area contributed by atoms with Crippen molar-refractivity contribution in [2.45, 2.75) is 31.7 Å². The lowest BCUT2D eigenvalue weighted by atomic mass is 10.2. The van der Waals surface area contributed by atoms with E-state index in [-0.39, 0.29) is 35.3 Å². The number of nitrogens with zero attached hydrogens (tertiary/aromatic N) is 6. The van der Waals surface area contributed by atoms with Crippen molar-refractivity contribution in [2.75, 3.05) is 0 Å². The molecule has 0 N–H and O–H groups in total. The normalized spacial score (nSPS) is 14.2. The molecule has 164 valence electrons. The fourth-order valence-corrected chi connectivity index (χ4v) is 3.39. The van der Waals surface area contributed by atoms with Crippen LogP contribution in [0.3, 0.4) is 0 Å². The highest BCUT2D eigenvalue weighted by molar-refractivity contribution is 6.28. The zero-order valence-corrected chi connectivity index (χ0v) is 16.9. The summed E-state index contributed by atoms with van der Waals surface area (Å²) >= 11 is 5.89. The molecule has 0 amide bonds. The molecule has 32 heavy (non-hydrogen) atoms. The minimum Gasteiger partial charge on any atom is -0.472 e. The van der Waals surface area contributed by atoms with Crippen LogP contribution in [0.2, 0.25) is 5.28 Å². The molecular weight excluding hydrogens is 452 g/mol. The van der Waals surface area contributed by atoms with Gasteiger partial charge in [0.15, 0.2) is 23.0 Å². The quantitative estimate of drug-likeness (QED) is 0.305. The van der Waals surface area contributed by atoms with Gasteiger partial charge >= 0.3 is 6.18 Å². The van der Waals surface area contributed by atoms with Crippen molar-refractivity contribution in [1.29, 1.82) is 0 Å². The van der Waals surface area contributed by atoms with E-state index in [2.05, 4.69) is 24.9 Å². The summed E-state index contributed by atoms with van der Waals surface area (Å²) in [5.41, 5.74) is -0.641. The Kier molecular flexibility index (Phi) is 4.92. The molecule has 5 rings (SSSR count). The number of pyridine rings is 2. The van der Waals surface area contributed by atoms with Crippen LogP contribution >= 0.6 is 11.6 Å². The molecule has 0 bridgehead atoms. The lowest BCUT2D eigenvalue weighted by molar-refractivity contribution is -0.140. The molecule has 0 spiro atoms. The molecule has 0 unspecified atom stereocenters. The molecule has 1 aliphatic rings. The van der Waals surface area contributed by atoms with E-state index in [1.54, 1.807) is 18.3 Å². The summed E-state index contributed by atoms with van der Waals surface area (Å²) in [5.74, 6) is -0.791. The van der Waals surface area contributed by atoms with Gasteiger partial charge in [0, 0.05) is 30.2 Å². The zero-order chi connectivity index (χ0) is 22.5. The van der Waals surface area contributed by atoms with Crippen molar-refractivity contribution < 1.29 is 22.3 Å². The zero-order valence-electron chi connectivity index (χ0n) is 16.1. The lowest BCUT2D eigenvalue weighted by Crippen LogP contribution is -2.05. The van der Waals surface area contributed by atoms with Crippen molar-refractivity contribution in [3.8, 4) is 17.4 Å². The molecule has 1 fully saturated rings. The van der Waals surface area contributed by atoms with Crippen LogP contribution < -0.4 is 4.74 Å². The van der Waals surface area contributed by atoms with Crippen LogP contribution in [0, 0.1) is 5.82 Å². The summed E-state index contributed by atoms with van der Waals surface area (Å²) in [6, 6.07) is 4.39. The van der Waals surface area contributed by atoms with Crippen LogP contribution in [0.4, 0.5) is 17.6 Å². The van der Waals surface area contributed by atoms with Crippen LogP contribution in [0.5, 0.6) is 5.88 Å². The van der Waals surface area contributed by atoms with Gasteiger partial charge in [-0.05, 0) is 42.6 Å². The number of alkyl halides is 3. The molecule has 0 atom stereocenters. The van der Waals surface area contributed by atoms with Gasteiger partial charge in [0.05, 0.1) is 5.39 Å². The number of ether oxygens (including phenoxy) is 1. The van der Waals surface area contributed by atoms with E-state index >= 15 is 0 Å². The Labute approximate surface area is 183 Å². The monoisotopic (exact) mass is 464 g/mol. The number of aromatic nitrogens is 6. The molecular formula is C20H13ClF4N6O. The van der Waals surface area contributed by atoms with E-state index in [1.807, 2.05) is 0 Å². The molecule has 4 aromatic rings. The van der Waals surface area contributed by atoms with E-state index < -0.39 is 17.7 Å². The molecule has 4 heterocycles. The maximum absolute atomic E-state index is 14.8. The second-order valence-electron chi connectivity index (χ2n) is 7.22. The fraction of sp³-hybridized carbons (Fsp3) is 0.250. The van der Waals surface area contributed by atoms with Crippen molar-refractivity contribution in [1.82, 2.24) is 29.5 Å². The van der Waals surface area contributed by atoms with Crippen LogP contribution in [-0.4, -0.2) is 29.5 Å². The van der Waals surface area contributed by atoms with Crippen molar-refractivity contribution in [3.05, 3.63) is 59.1 Å². The SMILES string of the molecule is Fc1cc(COc2nc(Cl)nc3ncccc23)cnc1-c1nc(C(F)(F)F)cn1C1CC1. The van der Waals surface area contributed by atoms with Crippen molar-refractivity contribution >= 4 is 22.6 Å². The van der Waals surface area contributed by atoms with E-state index in [0.717, 1.165) is 12.3 Å². The molecule has 4 aromatic heterocycles. The smallest absolute Gasteiger partial charge is 0.434 e. The highest BCUT2D eigenvalue weighted by Crippen LogP contribution is 2.41. The number of halogens is 5. The number of fused-ring (bicyclic) bond motifs is 1. The van der Waals surface area contributed by atoms with Gasteiger partial charge in [0.25, 0.3) is 0 Å². The first-order valence-corrected chi connectivity index (χ1v) is 9.89. The Morgan fingerprint density at radius 3 is 2.69 bits per heavy atom. The summed E-state index contributed by atoms with van der Waals surface area (Å²) < 4.78 is 61.2. The highest BCUT2D eigenvalue weighted by atomic mass is 35.5. The van der Waals surface area contributed by atoms with Crippen LogP contribution in [-0.2, 0) is 12.8 Å². The summed E-state index contributed by atoms with van der Waals surface area (Å²) in [6.45, 7) is -0.105. The first-order chi connectivity index (χ1) is 15.3. The third-order valence-electron chi connectivity index (χ3n) is 4.86. The topological polar surface area (TPSA) is 78.6 Å². The number of hydrogen-bond acceptors (Lipinski definition) is 6. The standard InChI is InChI=1S/C20H13ClF4N6O/c21-19-29-16-12(2-1-5-26-16)18(30-19)32-9-10-6-13(22)15(27-7-10)17-28-14(20(23,24)25)8-31(17)11-3-4-11/h1-2,5-8,11H,3-4,9H2. The van der Waals surface area contributed by atoms with E-state index in [1.165, 1.54) is 10.8 Å². The minimum atomic E-state index is -4.63. The molecule has 0 aliphatic heterocycles. The maximum atomic E-state index is 14.8. The van der Waals surface area contributed by atoms with Gasteiger partial charge in [-0.1, -0.05) is 0 Å². The third kappa shape index (κ3) is 3.95. The molecule has 0 aromatic carbocycles. The molecule has 1 aliphatic carbocycles. The Hall–Kier alpha value is -3.34. The highest BCUT2D eigenvalue weighted by Gasteiger charge is 2.38. The fourth-order valence-electron chi connectivity index (χ4n) is 3.23. The molecule has 12 heteroatoms. The Balaban J connectivity index is 1.42. The summed E-state index contributed by atoms with van der Waals surface area (Å²) in [5, 5.41) is 0.464. The minimum absolute atomic E-state index is 0.0572. The molecule has 1 saturated carbocycles. The maximum Gasteiger partial charge on any atom is 0.434 e. The van der Waals surface area contributed by atoms with Crippen LogP contribution in [0.1, 0.15) is 30.1 Å². The van der Waals surface area contributed by atoms with Crippen LogP contribution in [0.15, 0.2) is 36.8 Å². The van der Waals surface area contributed by atoms with E-state index in [0.29, 0.717) is 29.4 Å². The Morgan fingerprint density at radius 1 is 1.16 bits per heavy atom. The average Bonchev–Trinajstić information content (AvgIpc) is 3.49. The van der Waals surface area contributed by atoms with Gasteiger partial charge in [-0.25, -0.2) is 19.3 Å². The van der Waals surface area contributed by atoms with Gasteiger partial charge in [-0.2, -0.15) is 23.1 Å². The number of rotatable bonds is 5. The van der Waals surface area contributed by atoms with E-state index in [4.69, 9.17) is 16.3 Å². The lowest BCUT2D eigenvalue weighted by Gasteiger charge is -2.10. The molecule has 7 nitrogen and oxygen atoms in total. The van der Waals surface area contributed by atoms with Crippen LogP contribution in [0.25, 0.3) is 22.6 Å². The summed E-state index contributed by atoms with van der Waals surface area (Å²) in [7, 11) is 0. The average molecular weight is 465 g/mol. The third-order valence-corrected chi connectivity index (χ3v) is 5.03. The Bertz CT molecular complexity index is 1320. The first kappa shape index (κ1) is 20.6. The largest absolute Gasteiger partial charge is 0.472 e. The summed E-state index contributed by atoms with van der Waals surface area (Å²) in [4.78, 5) is 19.7. The number of hydrogen-bond donors (Lipinski definition) is 0. The summed E-state index contributed by atoms with van der Waals surface area (Å²) in [6.07, 6.45) is 0.555. The van der Waals surface area contributed by atoms with Gasteiger partial charge < -0.3 is 9.30 Å². The predicted molar refractivity (Wildman–Crippen MR) is 105 cm³/mol. The van der Waals surface area contributed by atoms with E-state index in [9.17, 15) is 17.6 Å². The first-order valence-electron chi connectivity index (χ1n) is 9.51. The van der Waals surface area contributed by atoms with Gasteiger partial charge in [-0.3, -0.25) is 0 Å². The Morgan fingerprint density at radius 2 is 1.97 bits per heavy atom. The van der Waals surface area contributed by atoms with Gasteiger partial charge in [0.1, 0.15) is 12.3 Å². The van der Waals surface area contributed by atoms with Crippen molar-refractivity contribution in [2.24, 2.45) is 0 Å². The second-order valence-corrected chi connectivity index (χ2v) is 7.56.